The third kappa shape index (κ3) is 5.15. The van der Waals surface area contributed by atoms with Crippen molar-refractivity contribution in [2.45, 2.75) is 32.7 Å². The predicted octanol–water partition coefficient (Wildman–Crippen LogP) is 3.94. The van der Waals surface area contributed by atoms with E-state index in [1.807, 2.05) is 25.1 Å². The highest BCUT2D eigenvalue weighted by Gasteiger charge is 2.12. The first-order valence-corrected chi connectivity index (χ1v) is 7.18. The zero-order valence-corrected chi connectivity index (χ0v) is 12.5. The van der Waals surface area contributed by atoms with Gasteiger partial charge in [0, 0.05) is 12.6 Å². The lowest BCUT2D eigenvalue weighted by Gasteiger charge is -2.19. The van der Waals surface area contributed by atoms with Crippen molar-refractivity contribution < 1.29 is 4.74 Å². The molecule has 4 heteroatoms. The normalized spacial score (nSPS) is 12.7. The first kappa shape index (κ1) is 15.8. The first-order valence-electron chi connectivity index (χ1n) is 6.43. The van der Waals surface area contributed by atoms with E-state index >= 15 is 0 Å². The highest BCUT2D eigenvalue weighted by atomic mass is 35.5. The number of ether oxygens (including phenoxy) is 1. The number of rotatable bonds is 8. The standard InChI is InChI=1S/C14H21Cl2NO/c1-3-8-17-12(10-18-4-2)9-11-6-5-7-13(15)14(11)16/h5-7,12,17H,3-4,8-10H2,1-2H3. The second-order valence-electron chi connectivity index (χ2n) is 4.23. The Balaban J connectivity index is 2.65. The molecule has 0 fully saturated rings. The predicted molar refractivity (Wildman–Crippen MR) is 78.7 cm³/mol. The zero-order valence-electron chi connectivity index (χ0n) is 11.0. The summed E-state index contributed by atoms with van der Waals surface area (Å²) in [4.78, 5) is 0. The summed E-state index contributed by atoms with van der Waals surface area (Å²) in [5.41, 5.74) is 1.07. The van der Waals surface area contributed by atoms with Crippen LogP contribution in [0, 0.1) is 0 Å². The van der Waals surface area contributed by atoms with Crippen LogP contribution >= 0.6 is 23.2 Å². The Morgan fingerprint density at radius 2 is 2.06 bits per heavy atom. The monoisotopic (exact) mass is 289 g/mol. The Hall–Kier alpha value is -0.280. The Bertz CT molecular complexity index is 350. The van der Waals surface area contributed by atoms with Gasteiger partial charge in [-0.1, -0.05) is 42.3 Å². The SMILES string of the molecule is CCCNC(COCC)Cc1cccc(Cl)c1Cl. The molecule has 1 N–H and O–H groups in total. The molecule has 1 rings (SSSR count). The van der Waals surface area contributed by atoms with E-state index < -0.39 is 0 Å². The van der Waals surface area contributed by atoms with Crippen molar-refractivity contribution in [3.63, 3.8) is 0 Å². The summed E-state index contributed by atoms with van der Waals surface area (Å²) in [5.74, 6) is 0. The van der Waals surface area contributed by atoms with Gasteiger partial charge in [0.25, 0.3) is 0 Å². The van der Waals surface area contributed by atoms with Crippen molar-refractivity contribution >= 4 is 23.2 Å². The lowest BCUT2D eigenvalue weighted by atomic mass is 10.1. The number of hydrogen-bond donors (Lipinski definition) is 1. The summed E-state index contributed by atoms with van der Waals surface area (Å²) in [6.07, 6.45) is 1.94. The third-order valence-corrected chi connectivity index (χ3v) is 3.56. The van der Waals surface area contributed by atoms with Crippen LogP contribution in [0.5, 0.6) is 0 Å². The van der Waals surface area contributed by atoms with Gasteiger partial charge in [0.2, 0.25) is 0 Å². The molecule has 0 heterocycles. The molecule has 0 aliphatic heterocycles. The molecule has 0 aliphatic rings. The summed E-state index contributed by atoms with van der Waals surface area (Å²) in [5, 5.41) is 4.74. The minimum Gasteiger partial charge on any atom is -0.380 e. The van der Waals surface area contributed by atoms with Gasteiger partial charge in [0.1, 0.15) is 0 Å². The van der Waals surface area contributed by atoms with Crippen LogP contribution in [-0.2, 0) is 11.2 Å². The van der Waals surface area contributed by atoms with Crippen LogP contribution in [0.1, 0.15) is 25.8 Å². The minimum absolute atomic E-state index is 0.279. The highest BCUT2D eigenvalue weighted by Crippen LogP contribution is 2.26. The minimum atomic E-state index is 0.279. The molecule has 0 radical (unpaired) electrons. The number of nitrogens with one attached hydrogen (secondary N) is 1. The highest BCUT2D eigenvalue weighted by molar-refractivity contribution is 6.42. The lowest BCUT2D eigenvalue weighted by Crippen LogP contribution is -2.36. The smallest absolute Gasteiger partial charge is 0.0624 e. The molecule has 0 saturated carbocycles. The Morgan fingerprint density at radius 3 is 2.72 bits per heavy atom. The van der Waals surface area contributed by atoms with Gasteiger partial charge in [0.05, 0.1) is 16.7 Å². The summed E-state index contributed by atoms with van der Waals surface area (Å²) >= 11 is 12.2. The fourth-order valence-electron chi connectivity index (χ4n) is 1.77. The van der Waals surface area contributed by atoms with Crippen LogP contribution in [0.2, 0.25) is 10.0 Å². The Kier molecular flexibility index (Phi) is 7.68. The number of hydrogen-bond acceptors (Lipinski definition) is 2. The summed E-state index contributed by atoms with van der Waals surface area (Å²) < 4.78 is 5.50. The van der Waals surface area contributed by atoms with Gasteiger partial charge in [-0.2, -0.15) is 0 Å². The molecule has 1 aromatic rings. The van der Waals surface area contributed by atoms with Gasteiger partial charge >= 0.3 is 0 Å². The molecule has 0 amide bonds. The van der Waals surface area contributed by atoms with E-state index in [-0.39, 0.29) is 6.04 Å². The van der Waals surface area contributed by atoms with E-state index in [9.17, 15) is 0 Å². The Labute approximate surface area is 120 Å². The molecule has 1 aromatic carbocycles. The van der Waals surface area contributed by atoms with Crippen LogP contribution in [0.3, 0.4) is 0 Å². The van der Waals surface area contributed by atoms with Crippen LogP contribution in [0.25, 0.3) is 0 Å². The molecule has 2 nitrogen and oxygen atoms in total. The molecule has 1 atom stereocenters. The Morgan fingerprint density at radius 1 is 1.28 bits per heavy atom. The molecule has 1 unspecified atom stereocenters. The van der Waals surface area contributed by atoms with Gasteiger partial charge in [-0.25, -0.2) is 0 Å². The van der Waals surface area contributed by atoms with Gasteiger partial charge < -0.3 is 10.1 Å². The summed E-state index contributed by atoms with van der Waals surface area (Å²) in [7, 11) is 0. The van der Waals surface area contributed by atoms with E-state index in [2.05, 4.69) is 12.2 Å². The second-order valence-corrected chi connectivity index (χ2v) is 5.01. The number of benzene rings is 1. The van der Waals surface area contributed by atoms with Gasteiger partial charge in [-0.3, -0.25) is 0 Å². The quantitative estimate of drug-likeness (QED) is 0.783. The molecular weight excluding hydrogens is 269 g/mol. The fourth-order valence-corrected chi connectivity index (χ4v) is 2.17. The topological polar surface area (TPSA) is 21.3 Å². The maximum atomic E-state index is 6.20. The van der Waals surface area contributed by atoms with Crippen LogP contribution < -0.4 is 5.32 Å². The molecule has 0 aromatic heterocycles. The zero-order chi connectivity index (χ0) is 13.4. The van der Waals surface area contributed by atoms with E-state index in [1.165, 1.54) is 0 Å². The average molecular weight is 290 g/mol. The molecule has 0 spiro atoms. The molecule has 0 aliphatic carbocycles. The maximum Gasteiger partial charge on any atom is 0.0624 e. The molecular formula is C14H21Cl2NO. The van der Waals surface area contributed by atoms with Gasteiger partial charge in [0.15, 0.2) is 0 Å². The van der Waals surface area contributed by atoms with Crippen LogP contribution in [0.15, 0.2) is 18.2 Å². The second kappa shape index (κ2) is 8.76. The molecule has 0 bridgehead atoms. The van der Waals surface area contributed by atoms with Crippen molar-refractivity contribution in [3.8, 4) is 0 Å². The van der Waals surface area contributed by atoms with Crippen molar-refractivity contribution in [2.75, 3.05) is 19.8 Å². The fraction of sp³-hybridized carbons (Fsp3) is 0.571. The first-order chi connectivity index (χ1) is 8.69. The van der Waals surface area contributed by atoms with E-state index in [0.717, 1.165) is 31.6 Å². The number of halogens is 2. The maximum absolute atomic E-state index is 6.20. The molecule has 0 saturated heterocycles. The molecule has 18 heavy (non-hydrogen) atoms. The summed E-state index contributed by atoms with van der Waals surface area (Å²) in [6.45, 7) is 6.56. The summed E-state index contributed by atoms with van der Waals surface area (Å²) in [6, 6.07) is 6.03. The van der Waals surface area contributed by atoms with Crippen molar-refractivity contribution in [1.82, 2.24) is 5.32 Å². The molecule has 102 valence electrons. The van der Waals surface area contributed by atoms with E-state index in [1.54, 1.807) is 0 Å². The van der Waals surface area contributed by atoms with Crippen LogP contribution in [0.4, 0.5) is 0 Å². The average Bonchev–Trinajstić information content (AvgIpc) is 2.38. The lowest BCUT2D eigenvalue weighted by molar-refractivity contribution is 0.122. The van der Waals surface area contributed by atoms with Crippen molar-refractivity contribution in [3.05, 3.63) is 33.8 Å². The van der Waals surface area contributed by atoms with Crippen molar-refractivity contribution in [1.29, 1.82) is 0 Å². The van der Waals surface area contributed by atoms with E-state index in [0.29, 0.717) is 16.7 Å². The largest absolute Gasteiger partial charge is 0.380 e. The van der Waals surface area contributed by atoms with E-state index in [4.69, 9.17) is 27.9 Å². The van der Waals surface area contributed by atoms with Gasteiger partial charge in [-0.05, 0) is 37.9 Å². The van der Waals surface area contributed by atoms with Crippen molar-refractivity contribution in [2.24, 2.45) is 0 Å². The van der Waals surface area contributed by atoms with Gasteiger partial charge in [-0.15, -0.1) is 0 Å². The van der Waals surface area contributed by atoms with Crippen LogP contribution in [-0.4, -0.2) is 25.8 Å². The third-order valence-electron chi connectivity index (χ3n) is 2.70.